The third-order valence-electron chi connectivity index (χ3n) is 2.18. The molecular formula is C10H13F3N2O2S. The second kappa shape index (κ2) is 5.25. The van der Waals surface area contributed by atoms with E-state index in [1.165, 1.54) is 29.0 Å². The predicted molar refractivity (Wildman–Crippen MR) is 60.3 cm³/mol. The Labute approximate surface area is 103 Å². The van der Waals surface area contributed by atoms with Crippen molar-refractivity contribution in [1.29, 1.82) is 0 Å². The Morgan fingerprint density at radius 1 is 1.28 bits per heavy atom. The van der Waals surface area contributed by atoms with Crippen LogP contribution in [0.15, 0.2) is 29.2 Å². The maximum Gasteiger partial charge on any atom is 0.402 e. The van der Waals surface area contributed by atoms with Crippen molar-refractivity contribution in [3.05, 3.63) is 29.8 Å². The van der Waals surface area contributed by atoms with Gasteiger partial charge in [-0.1, -0.05) is 12.1 Å². The maximum absolute atomic E-state index is 11.9. The van der Waals surface area contributed by atoms with Gasteiger partial charge in [-0.2, -0.15) is 13.2 Å². The van der Waals surface area contributed by atoms with E-state index in [0.29, 0.717) is 5.56 Å². The standard InChI is InChI=1S/C10H13F3N2O2S/c1-7(14)8-2-4-9(5-3-8)18(16,17)15-6-10(11,12)13/h2-5,7,15H,6,14H2,1H3. The van der Waals surface area contributed by atoms with Crippen molar-refractivity contribution < 1.29 is 21.6 Å². The summed E-state index contributed by atoms with van der Waals surface area (Å²) in [7, 11) is -4.15. The van der Waals surface area contributed by atoms with Crippen LogP contribution in [0.3, 0.4) is 0 Å². The quantitative estimate of drug-likeness (QED) is 0.880. The Bertz CT molecular complexity index is 495. The van der Waals surface area contributed by atoms with Gasteiger partial charge in [-0.3, -0.25) is 0 Å². The zero-order valence-electron chi connectivity index (χ0n) is 9.53. The first-order valence-electron chi connectivity index (χ1n) is 5.04. The minimum Gasteiger partial charge on any atom is -0.324 e. The summed E-state index contributed by atoms with van der Waals surface area (Å²) in [5, 5.41) is 0. The summed E-state index contributed by atoms with van der Waals surface area (Å²) in [4.78, 5) is -0.226. The Hall–Kier alpha value is -1.12. The summed E-state index contributed by atoms with van der Waals surface area (Å²) in [5.41, 5.74) is 6.27. The lowest BCUT2D eigenvalue weighted by molar-refractivity contribution is -0.121. The molecule has 0 radical (unpaired) electrons. The second-order valence-corrected chi connectivity index (χ2v) is 5.56. The molecule has 18 heavy (non-hydrogen) atoms. The zero-order valence-corrected chi connectivity index (χ0v) is 10.3. The summed E-state index contributed by atoms with van der Waals surface area (Å²) in [6.07, 6.45) is -4.58. The van der Waals surface area contributed by atoms with Crippen LogP contribution >= 0.6 is 0 Å². The Balaban J connectivity index is 2.86. The lowest BCUT2D eigenvalue weighted by Crippen LogP contribution is -2.33. The first kappa shape index (κ1) is 14.9. The van der Waals surface area contributed by atoms with Crippen molar-refractivity contribution >= 4 is 10.0 Å². The predicted octanol–water partition coefficient (Wildman–Crippen LogP) is 1.55. The molecule has 0 aliphatic carbocycles. The monoisotopic (exact) mass is 282 g/mol. The molecule has 0 saturated heterocycles. The minimum atomic E-state index is -4.58. The first-order valence-corrected chi connectivity index (χ1v) is 6.52. The third-order valence-corrected chi connectivity index (χ3v) is 3.60. The number of nitrogens with one attached hydrogen (secondary N) is 1. The minimum absolute atomic E-state index is 0.226. The fourth-order valence-electron chi connectivity index (χ4n) is 1.21. The fourth-order valence-corrected chi connectivity index (χ4v) is 2.23. The molecular weight excluding hydrogens is 269 g/mol. The van der Waals surface area contributed by atoms with Gasteiger partial charge in [0, 0.05) is 6.04 Å². The van der Waals surface area contributed by atoms with Crippen LogP contribution in [-0.4, -0.2) is 21.1 Å². The van der Waals surface area contributed by atoms with Crippen molar-refractivity contribution in [2.24, 2.45) is 5.73 Å². The lowest BCUT2D eigenvalue weighted by atomic mass is 10.1. The van der Waals surface area contributed by atoms with Crippen LogP contribution in [0, 0.1) is 0 Å². The SMILES string of the molecule is CC(N)c1ccc(S(=O)(=O)NCC(F)(F)F)cc1. The molecule has 4 nitrogen and oxygen atoms in total. The van der Waals surface area contributed by atoms with Crippen LogP contribution in [0.5, 0.6) is 0 Å². The van der Waals surface area contributed by atoms with Crippen LogP contribution in [0.4, 0.5) is 13.2 Å². The molecule has 0 bridgehead atoms. The number of halogens is 3. The molecule has 0 aliphatic rings. The van der Waals surface area contributed by atoms with E-state index in [0.717, 1.165) is 0 Å². The molecule has 0 aromatic heterocycles. The van der Waals surface area contributed by atoms with Crippen molar-refractivity contribution in [2.45, 2.75) is 24.0 Å². The van der Waals surface area contributed by atoms with Gasteiger partial charge in [0.05, 0.1) is 4.90 Å². The summed E-state index contributed by atoms with van der Waals surface area (Å²) in [5.74, 6) is 0. The molecule has 0 amide bonds. The van der Waals surface area contributed by atoms with E-state index < -0.39 is 22.7 Å². The highest BCUT2D eigenvalue weighted by Gasteiger charge is 2.29. The summed E-state index contributed by atoms with van der Waals surface area (Å²) in [6.45, 7) is 0.121. The number of sulfonamides is 1. The second-order valence-electron chi connectivity index (χ2n) is 3.80. The Kier molecular flexibility index (Phi) is 4.36. The Morgan fingerprint density at radius 2 is 1.78 bits per heavy atom. The van der Waals surface area contributed by atoms with Crippen molar-refractivity contribution in [1.82, 2.24) is 4.72 Å². The van der Waals surface area contributed by atoms with Gasteiger partial charge in [0.2, 0.25) is 10.0 Å². The molecule has 0 fully saturated rings. The van der Waals surface area contributed by atoms with Crippen molar-refractivity contribution in [3.8, 4) is 0 Å². The van der Waals surface area contributed by atoms with Crippen LogP contribution in [0.2, 0.25) is 0 Å². The van der Waals surface area contributed by atoms with Gasteiger partial charge in [-0.15, -0.1) is 0 Å². The molecule has 0 saturated carbocycles. The fraction of sp³-hybridized carbons (Fsp3) is 0.400. The van der Waals surface area contributed by atoms with E-state index in [4.69, 9.17) is 5.73 Å². The number of benzene rings is 1. The molecule has 1 rings (SSSR count). The third kappa shape index (κ3) is 4.28. The molecule has 102 valence electrons. The van der Waals surface area contributed by atoms with Crippen molar-refractivity contribution in [2.75, 3.05) is 6.54 Å². The zero-order chi connectivity index (χ0) is 14.0. The normalized spacial score (nSPS) is 14.5. The first-order chi connectivity index (χ1) is 8.12. The van der Waals surface area contributed by atoms with E-state index in [1.54, 1.807) is 6.92 Å². The van der Waals surface area contributed by atoms with Gasteiger partial charge in [-0.25, -0.2) is 13.1 Å². The summed E-state index contributed by atoms with van der Waals surface area (Å²) in [6, 6.07) is 5.10. The van der Waals surface area contributed by atoms with Crippen LogP contribution in [0.25, 0.3) is 0 Å². The molecule has 1 unspecified atom stereocenters. The van der Waals surface area contributed by atoms with E-state index in [9.17, 15) is 21.6 Å². The van der Waals surface area contributed by atoms with Gasteiger partial charge in [0.1, 0.15) is 6.54 Å². The highest BCUT2D eigenvalue weighted by atomic mass is 32.2. The lowest BCUT2D eigenvalue weighted by Gasteiger charge is -2.10. The van der Waals surface area contributed by atoms with Crippen LogP contribution in [-0.2, 0) is 10.0 Å². The van der Waals surface area contributed by atoms with E-state index in [-0.39, 0.29) is 10.9 Å². The van der Waals surface area contributed by atoms with Gasteiger partial charge in [0.25, 0.3) is 0 Å². The van der Waals surface area contributed by atoms with E-state index >= 15 is 0 Å². The molecule has 3 N–H and O–H groups in total. The molecule has 1 atom stereocenters. The molecule has 0 heterocycles. The van der Waals surface area contributed by atoms with Gasteiger partial charge < -0.3 is 5.73 Å². The number of hydrogen-bond donors (Lipinski definition) is 2. The van der Waals surface area contributed by atoms with Crippen molar-refractivity contribution in [3.63, 3.8) is 0 Å². The summed E-state index contributed by atoms with van der Waals surface area (Å²) >= 11 is 0. The number of nitrogens with two attached hydrogens (primary N) is 1. The van der Waals surface area contributed by atoms with Gasteiger partial charge in [0.15, 0.2) is 0 Å². The highest BCUT2D eigenvalue weighted by molar-refractivity contribution is 7.89. The summed E-state index contributed by atoms with van der Waals surface area (Å²) < 4.78 is 60.3. The van der Waals surface area contributed by atoms with Crippen LogP contribution < -0.4 is 10.5 Å². The maximum atomic E-state index is 11.9. The van der Waals surface area contributed by atoms with Crippen LogP contribution in [0.1, 0.15) is 18.5 Å². The molecule has 8 heteroatoms. The average Bonchev–Trinajstić information content (AvgIpc) is 2.26. The number of rotatable bonds is 4. The highest BCUT2D eigenvalue weighted by Crippen LogP contribution is 2.17. The molecule has 0 aliphatic heterocycles. The smallest absolute Gasteiger partial charge is 0.324 e. The molecule has 1 aromatic rings. The molecule has 1 aromatic carbocycles. The largest absolute Gasteiger partial charge is 0.402 e. The van der Waals surface area contributed by atoms with Gasteiger partial charge in [-0.05, 0) is 24.6 Å². The average molecular weight is 282 g/mol. The van der Waals surface area contributed by atoms with Gasteiger partial charge >= 0.3 is 6.18 Å². The Morgan fingerprint density at radius 3 is 2.17 bits per heavy atom. The topological polar surface area (TPSA) is 72.2 Å². The molecule has 0 spiro atoms. The van der Waals surface area contributed by atoms with E-state index in [2.05, 4.69) is 0 Å². The van der Waals surface area contributed by atoms with E-state index in [1.807, 2.05) is 0 Å². The number of alkyl halides is 3. The number of hydrogen-bond acceptors (Lipinski definition) is 3.